The molecular formula is C20H20N2O2S. The lowest BCUT2D eigenvalue weighted by atomic mass is 10.1. The topological polar surface area (TPSA) is 44.1 Å². The van der Waals surface area contributed by atoms with E-state index >= 15 is 0 Å². The minimum atomic E-state index is 0.0512. The van der Waals surface area contributed by atoms with Gasteiger partial charge in [0.25, 0.3) is 0 Å². The maximum absolute atomic E-state index is 11.6. The molecule has 0 N–H and O–H groups in total. The Labute approximate surface area is 151 Å². The molecule has 3 aromatic rings. The summed E-state index contributed by atoms with van der Waals surface area (Å²) in [5.74, 6) is 1.51. The van der Waals surface area contributed by atoms with Gasteiger partial charge in [0.15, 0.2) is 10.9 Å². The SMILES string of the molecule is COc1ccc(C(C)=O)cc1CSc1nccn1-c1ccccc1C. The first kappa shape index (κ1) is 17.3. The van der Waals surface area contributed by atoms with Gasteiger partial charge in [0.05, 0.1) is 12.8 Å². The molecule has 0 atom stereocenters. The fourth-order valence-electron chi connectivity index (χ4n) is 2.67. The van der Waals surface area contributed by atoms with E-state index in [-0.39, 0.29) is 5.78 Å². The maximum Gasteiger partial charge on any atom is 0.172 e. The number of aromatic nitrogens is 2. The zero-order chi connectivity index (χ0) is 17.8. The van der Waals surface area contributed by atoms with Crippen LogP contribution in [0.5, 0.6) is 5.75 Å². The van der Waals surface area contributed by atoms with Crippen molar-refractivity contribution in [2.75, 3.05) is 7.11 Å². The third-order valence-electron chi connectivity index (χ3n) is 4.03. The molecule has 25 heavy (non-hydrogen) atoms. The number of hydrogen-bond donors (Lipinski definition) is 0. The van der Waals surface area contributed by atoms with Gasteiger partial charge in [-0.3, -0.25) is 9.36 Å². The second-order valence-electron chi connectivity index (χ2n) is 5.74. The first-order valence-corrected chi connectivity index (χ1v) is 8.98. The molecule has 0 aliphatic carbocycles. The van der Waals surface area contributed by atoms with E-state index in [0.717, 1.165) is 22.2 Å². The van der Waals surface area contributed by atoms with E-state index in [1.165, 1.54) is 5.56 Å². The van der Waals surface area contributed by atoms with Crippen LogP contribution >= 0.6 is 11.8 Å². The van der Waals surface area contributed by atoms with Crippen molar-refractivity contribution in [3.8, 4) is 11.4 Å². The molecule has 0 amide bonds. The summed E-state index contributed by atoms with van der Waals surface area (Å²) in [5.41, 5.74) is 3.99. The Morgan fingerprint density at radius 2 is 2.04 bits per heavy atom. The second-order valence-corrected chi connectivity index (χ2v) is 6.68. The van der Waals surface area contributed by atoms with Crippen molar-refractivity contribution in [3.63, 3.8) is 0 Å². The molecule has 5 heteroatoms. The number of ether oxygens (including phenoxy) is 1. The summed E-state index contributed by atoms with van der Waals surface area (Å²) in [7, 11) is 1.64. The van der Waals surface area contributed by atoms with Gasteiger partial charge >= 0.3 is 0 Å². The molecule has 3 rings (SSSR count). The minimum Gasteiger partial charge on any atom is -0.496 e. The average Bonchev–Trinajstić information content (AvgIpc) is 3.08. The fraction of sp³-hybridized carbons (Fsp3) is 0.200. The standard InChI is InChI=1S/C20H20N2O2S/c1-14-6-4-5-7-18(14)22-11-10-21-20(22)25-13-17-12-16(15(2)23)8-9-19(17)24-3/h4-12H,13H2,1-3H3. The number of hydrogen-bond acceptors (Lipinski definition) is 4. The highest BCUT2D eigenvalue weighted by Gasteiger charge is 2.11. The number of ketones is 1. The van der Waals surface area contributed by atoms with Crippen LogP contribution in [0.25, 0.3) is 5.69 Å². The minimum absolute atomic E-state index is 0.0512. The normalized spacial score (nSPS) is 10.7. The predicted octanol–water partition coefficient (Wildman–Crippen LogP) is 4.68. The Hall–Kier alpha value is -2.53. The van der Waals surface area contributed by atoms with Crippen LogP contribution in [-0.4, -0.2) is 22.4 Å². The van der Waals surface area contributed by atoms with Gasteiger partial charge in [0, 0.05) is 29.3 Å². The first-order chi connectivity index (χ1) is 12.1. The van der Waals surface area contributed by atoms with Gasteiger partial charge in [-0.15, -0.1) is 0 Å². The van der Waals surface area contributed by atoms with Crippen molar-refractivity contribution >= 4 is 17.5 Å². The average molecular weight is 352 g/mol. The van der Waals surface area contributed by atoms with Gasteiger partial charge in [-0.25, -0.2) is 4.98 Å². The van der Waals surface area contributed by atoms with Crippen molar-refractivity contribution in [2.24, 2.45) is 0 Å². The number of aryl methyl sites for hydroxylation is 1. The Morgan fingerprint density at radius 1 is 1.24 bits per heavy atom. The summed E-state index contributed by atoms with van der Waals surface area (Å²) in [6.07, 6.45) is 3.77. The lowest BCUT2D eigenvalue weighted by Gasteiger charge is -2.12. The molecule has 0 saturated heterocycles. The Bertz CT molecular complexity index is 902. The van der Waals surface area contributed by atoms with Crippen LogP contribution < -0.4 is 4.74 Å². The van der Waals surface area contributed by atoms with E-state index in [1.807, 2.05) is 30.5 Å². The van der Waals surface area contributed by atoms with Crippen molar-refractivity contribution < 1.29 is 9.53 Å². The highest BCUT2D eigenvalue weighted by molar-refractivity contribution is 7.98. The quantitative estimate of drug-likeness (QED) is 0.477. The molecule has 0 radical (unpaired) electrons. The Balaban J connectivity index is 1.86. The zero-order valence-electron chi connectivity index (χ0n) is 14.5. The molecule has 0 spiro atoms. The van der Waals surface area contributed by atoms with Crippen LogP contribution in [0.1, 0.15) is 28.4 Å². The van der Waals surface area contributed by atoms with Gasteiger partial charge in [-0.1, -0.05) is 30.0 Å². The maximum atomic E-state index is 11.6. The van der Waals surface area contributed by atoms with Gasteiger partial charge < -0.3 is 4.74 Å². The Kier molecular flexibility index (Phi) is 5.24. The predicted molar refractivity (Wildman–Crippen MR) is 101 cm³/mol. The van der Waals surface area contributed by atoms with E-state index < -0.39 is 0 Å². The number of benzene rings is 2. The summed E-state index contributed by atoms with van der Waals surface area (Å²) in [6.45, 7) is 3.66. The van der Waals surface area contributed by atoms with E-state index in [1.54, 1.807) is 38.1 Å². The summed E-state index contributed by atoms with van der Waals surface area (Å²) in [4.78, 5) is 16.1. The van der Waals surface area contributed by atoms with Crippen LogP contribution in [0.4, 0.5) is 0 Å². The monoisotopic (exact) mass is 352 g/mol. The number of Topliss-reactive ketones (excluding diaryl/α,β-unsaturated/α-hetero) is 1. The molecule has 0 fully saturated rings. The summed E-state index contributed by atoms with van der Waals surface area (Å²) >= 11 is 1.62. The van der Waals surface area contributed by atoms with Gasteiger partial charge in [0.2, 0.25) is 0 Å². The number of nitrogens with zero attached hydrogens (tertiary/aromatic N) is 2. The zero-order valence-corrected chi connectivity index (χ0v) is 15.3. The summed E-state index contributed by atoms with van der Waals surface area (Å²) < 4.78 is 7.52. The van der Waals surface area contributed by atoms with Crippen LogP contribution in [-0.2, 0) is 5.75 Å². The van der Waals surface area contributed by atoms with Crippen LogP contribution in [0.2, 0.25) is 0 Å². The van der Waals surface area contributed by atoms with Crippen molar-refractivity contribution in [3.05, 3.63) is 71.5 Å². The Morgan fingerprint density at radius 3 is 2.76 bits per heavy atom. The highest BCUT2D eigenvalue weighted by Crippen LogP contribution is 2.30. The number of carbonyl (C=O) groups excluding carboxylic acids is 1. The van der Waals surface area contributed by atoms with E-state index in [4.69, 9.17) is 4.74 Å². The molecule has 0 bridgehead atoms. The van der Waals surface area contributed by atoms with E-state index in [0.29, 0.717) is 11.3 Å². The van der Waals surface area contributed by atoms with Crippen molar-refractivity contribution in [2.45, 2.75) is 24.8 Å². The molecular weight excluding hydrogens is 332 g/mol. The fourth-order valence-corrected chi connectivity index (χ4v) is 3.61. The molecule has 0 saturated carbocycles. The van der Waals surface area contributed by atoms with Gasteiger partial charge in [0.1, 0.15) is 5.75 Å². The molecule has 128 valence electrons. The third-order valence-corrected chi connectivity index (χ3v) is 5.04. The van der Waals surface area contributed by atoms with Crippen molar-refractivity contribution in [1.82, 2.24) is 9.55 Å². The number of rotatable bonds is 6. The van der Waals surface area contributed by atoms with E-state index in [9.17, 15) is 4.79 Å². The summed E-state index contributed by atoms with van der Waals surface area (Å²) in [6, 6.07) is 13.8. The number of para-hydroxylation sites is 1. The third kappa shape index (κ3) is 3.77. The van der Waals surface area contributed by atoms with Gasteiger partial charge in [-0.2, -0.15) is 0 Å². The van der Waals surface area contributed by atoms with E-state index in [2.05, 4.69) is 28.6 Å². The molecule has 0 aliphatic rings. The largest absolute Gasteiger partial charge is 0.496 e. The summed E-state index contributed by atoms with van der Waals surface area (Å²) in [5, 5.41) is 0.907. The molecule has 0 unspecified atom stereocenters. The number of carbonyl (C=O) groups is 1. The molecule has 1 heterocycles. The van der Waals surface area contributed by atoms with Crippen LogP contribution in [0.15, 0.2) is 60.0 Å². The number of methoxy groups -OCH3 is 1. The molecule has 0 aliphatic heterocycles. The number of thioether (sulfide) groups is 1. The molecule has 4 nitrogen and oxygen atoms in total. The highest BCUT2D eigenvalue weighted by atomic mass is 32.2. The lowest BCUT2D eigenvalue weighted by Crippen LogP contribution is -1.99. The lowest BCUT2D eigenvalue weighted by molar-refractivity contribution is 0.101. The molecule has 1 aromatic heterocycles. The first-order valence-electron chi connectivity index (χ1n) is 8.00. The van der Waals surface area contributed by atoms with Gasteiger partial charge in [-0.05, 0) is 43.7 Å². The second kappa shape index (κ2) is 7.57. The van der Waals surface area contributed by atoms with Crippen molar-refractivity contribution in [1.29, 1.82) is 0 Å². The smallest absolute Gasteiger partial charge is 0.172 e. The number of imidazole rings is 1. The molecule has 2 aromatic carbocycles. The van der Waals surface area contributed by atoms with Crippen LogP contribution in [0.3, 0.4) is 0 Å². The van der Waals surface area contributed by atoms with Crippen LogP contribution in [0, 0.1) is 6.92 Å².